The summed E-state index contributed by atoms with van der Waals surface area (Å²) in [5.41, 5.74) is 1.54. The molecule has 194 valence electrons. The van der Waals surface area contributed by atoms with E-state index in [1.807, 2.05) is 20.8 Å². The molecule has 1 aromatic carbocycles. The molecule has 0 heterocycles. The lowest BCUT2D eigenvalue weighted by atomic mass is 9.54. The number of Topliss-reactive ketones (excluding diaryl/α,β-unsaturated/α-hetero) is 2. The van der Waals surface area contributed by atoms with Crippen molar-refractivity contribution >= 4 is 23.2 Å². The van der Waals surface area contributed by atoms with Gasteiger partial charge in [0, 0.05) is 17.1 Å². The lowest BCUT2D eigenvalue weighted by Crippen LogP contribution is -2.70. The van der Waals surface area contributed by atoms with Crippen LogP contribution in [0.1, 0.15) is 50.3 Å². The van der Waals surface area contributed by atoms with Crippen molar-refractivity contribution in [2.24, 2.45) is 17.6 Å². The molecule has 3 aliphatic carbocycles. The Kier molecular flexibility index (Phi) is 5.67. The highest BCUT2D eigenvalue weighted by Crippen LogP contribution is 2.56. The monoisotopic (exact) mass is 500 g/mol. The molecule has 6 unspecified atom stereocenters. The van der Waals surface area contributed by atoms with Gasteiger partial charge in [-0.15, -0.1) is 0 Å². The SMILES string of the molecule is CC1c2ccc(C(C)(C)C)c(O)c2C(O)=C2C(=O)C3(O)C(O)=C(C(N)=O)C(=O)C(N(C)C)C3C(O)C21. The number of fused-ring (bicyclic) bond motifs is 3. The zero-order valence-corrected chi connectivity index (χ0v) is 21.0. The number of phenols is 1. The third-order valence-corrected chi connectivity index (χ3v) is 7.94. The Morgan fingerprint density at radius 2 is 1.69 bits per heavy atom. The number of phenolic OH excluding ortho intramolecular Hbond substituents is 1. The van der Waals surface area contributed by atoms with E-state index in [2.05, 4.69) is 0 Å². The number of aliphatic hydroxyl groups excluding tert-OH is 3. The molecule has 1 amide bonds. The van der Waals surface area contributed by atoms with Crippen molar-refractivity contribution in [2.45, 2.75) is 56.8 Å². The fourth-order valence-corrected chi connectivity index (χ4v) is 6.22. The van der Waals surface area contributed by atoms with Gasteiger partial charge in [0.2, 0.25) is 5.78 Å². The van der Waals surface area contributed by atoms with Crippen molar-refractivity contribution in [3.63, 3.8) is 0 Å². The highest BCUT2D eigenvalue weighted by Gasteiger charge is 2.68. The van der Waals surface area contributed by atoms with Crippen LogP contribution in [0.25, 0.3) is 5.76 Å². The first-order chi connectivity index (χ1) is 16.5. The third-order valence-electron chi connectivity index (χ3n) is 7.94. The number of aliphatic hydroxyl groups is 4. The first kappa shape index (κ1) is 25.9. The second-order valence-electron chi connectivity index (χ2n) is 11.2. The summed E-state index contributed by atoms with van der Waals surface area (Å²) >= 11 is 0. The van der Waals surface area contributed by atoms with E-state index in [1.165, 1.54) is 19.0 Å². The number of likely N-dealkylation sites (N-methyl/N-ethyl adjacent to an activating group) is 1. The van der Waals surface area contributed by atoms with E-state index in [9.17, 15) is 39.9 Å². The summed E-state index contributed by atoms with van der Waals surface area (Å²) in [6.45, 7) is 7.30. The van der Waals surface area contributed by atoms with E-state index < -0.39 is 81.1 Å². The molecule has 0 bridgehead atoms. The topological polar surface area (TPSA) is 182 Å². The van der Waals surface area contributed by atoms with Crippen LogP contribution in [0.5, 0.6) is 5.75 Å². The average Bonchev–Trinajstić information content (AvgIpc) is 2.75. The van der Waals surface area contributed by atoms with Crippen molar-refractivity contribution in [3.05, 3.63) is 45.7 Å². The first-order valence-electron chi connectivity index (χ1n) is 11.7. The van der Waals surface area contributed by atoms with Gasteiger partial charge in [-0.3, -0.25) is 19.3 Å². The largest absolute Gasteiger partial charge is 0.508 e. The van der Waals surface area contributed by atoms with E-state index in [1.54, 1.807) is 19.1 Å². The number of ketones is 2. The molecule has 4 rings (SSSR count). The molecular weight excluding hydrogens is 468 g/mol. The van der Waals surface area contributed by atoms with E-state index >= 15 is 0 Å². The van der Waals surface area contributed by atoms with Gasteiger partial charge in [-0.25, -0.2) is 0 Å². The fraction of sp³-hybridized carbons (Fsp3) is 0.500. The van der Waals surface area contributed by atoms with Crippen LogP contribution in [-0.4, -0.2) is 79.7 Å². The van der Waals surface area contributed by atoms with Crippen molar-refractivity contribution in [2.75, 3.05) is 14.1 Å². The number of aromatic hydroxyl groups is 1. The van der Waals surface area contributed by atoms with Crippen LogP contribution in [0, 0.1) is 11.8 Å². The summed E-state index contributed by atoms with van der Waals surface area (Å²) in [6.07, 6.45) is -1.61. The summed E-state index contributed by atoms with van der Waals surface area (Å²) in [5.74, 6) is -8.85. The lowest BCUT2D eigenvalue weighted by Gasteiger charge is -2.53. The number of primary amides is 1. The Bertz CT molecular complexity index is 1270. The molecule has 7 N–H and O–H groups in total. The van der Waals surface area contributed by atoms with Crippen LogP contribution >= 0.6 is 0 Å². The minimum absolute atomic E-state index is 0.00147. The van der Waals surface area contributed by atoms with Crippen LogP contribution in [0.2, 0.25) is 0 Å². The van der Waals surface area contributed by atoms with Crippen molar-refractivity contribution in [1.82, 2.24) is 4.90 Å². The molecule has 6 atom stereocenters. The quantitative estimate of drug-likeness (QED) is 0.320. The molecule has 0 spiro atoms. The van der Waals surface area contributed by atoms with Gasteiger partial charge >= 0.3 is 0 Å². The Balaban J connectivity index is 2.07. The number of hydrogen-bond acceptors (Lipinski definition) is 9. The predicted octanol–water partition coefficient (Wildman–Crippen LogP) is 0.793. The Labute approximate surface area is 208 Å². The molecule has 10 nitrogen and oxygen atoms in total. The highest BCUT2D eigenvalue weighted by molar-refractivity contribution is 6.24. The zero-order chi connectivity index (χ0) is 27.2. The van der Waals surface area contributed by atoms with Gasteiger partial charge in [0.05, 0.1) is 23.6 Å². The van der Waals surface area contributed by atoms with Crippen LogP contribution in [0.15, 0.2) is 29.0 Å². The maximum absolute atomic E-state index is 13.9. The number of nitrogens with zero attached hydrogens (tertiary/aromatic N) is 1. The van der Waals surface area contributed by atoms with Gasteiger partial charge in [-0.05, 0) is 31.0 Å². The normalized spacial score (nSPS) is 32.4. The molecule has 0 aromatic heterocycles. The van der Waals surface area contributed by atoms with E-state index in [4.69, 9.17) is 5.73 Å². The van der Waals surface area contributed by atoms with Gasteiger partial charge < -0.3 is 31.3 Å². The van der Waals surface area contributed by atoms with Crippen LogP contribution in [-0.2, 0) is 19.8 Å². The number of rotatable bonds is 2. The number of carbonyl (C=O) groups is 3. The number of amides is 1. The molecule has 1 aromatic rings. The second kappa shape index (κ2) is 7.89. The smallest absolute Gasteiger partial charge is 0.255 e. The lowest BCUT2D eigenvalue weighted by molar-refractivity contribution is -0.169. The summed E-state index contributed by atoms with van der Waals surface area (Å²) in [4.78, 5) is 40.5. The Morgan fingerprint density at radius 3 is 2.19 bits per heavy atom. The van der Waals surface area contributed by atoms with Gasteiger partial charge in [0.25, 0.3) is 5.91 Å². The van der Waals surface area contributed by atoms with Crippen molar-refractivity contribution < 1.29 is 39.9 Å². The second-order valence-corrected chi connectivity index (χ2v) is 11.2. The predicted molar refractivity (Wildman–Crippen MR) is 129 cm³/mol. The van der Waals surface area contributed by atoms with E-state index in [0.29, 0.717) is 11.1 Å². The maximum Gasteiger partial charge on any atom is 0.255 e. The highest BCUT2D eigenvalue weighted by atomic mass is 16.4. The van der Waals surface area contributed by atoms with Crippen molar-refractivity contribution in [1.29, 1.82) is 0 Å². The summed E-state index contributed by atoms with van der Waals surface area (Å²) in [5, 5.41) is 56.6. The standard InChI is InChI=1S/C26H32N2O8/c1-9-10-7-8-11(25(2,3)4)18(29)13(10)19(30)14-12(9)20(31)16-17(28(5)6)21(32)15(24(27)35)23(34)26(16,36)22(14)33/h7-9,12,16-17,20,29-31,34,36H,1-6H3,(H2,27,35). The average molecular weight is 501 g/mol. The molecule has 1 fully saturated rings. The third kappa shape index (κ3) is 3.11. The van der Waals surface area contributed by atoms with E-state index in [-0.39, 0.29) is 11.3 Å². The first-order valence-corrected chi connectivity index (χ1v) is 11.7. The van der Waals surface area contributed by atoms with Crippen LogP contribution in [0.4, 0.5) is 0 Å². The number of nitrogens with two attached hydrogens (primary N) is 1. The molecule has 10 heteroatoms. The zero-order valence-electron chi connectivity index (χ0n) is 21.0. The number of benzene rings is 1. The summed E-state index contributed by atoms with van der Waals surface area (Å²) < 4.78 is 0. The summed E-state index contributed by atoms with van der Waals surface area (Å²) in [7, 11) is 2.94. The molecule has 1 saturated carbocycles. The van der Waals surface area contributed by atoms with Gasteiger partial charge in [0.15, 0.2) is 11.4 Å². The van der Waals surface area contributed by atoms with Crippen LogP contribution < -0.4 is 5.73 Å². The molecule has 0 radical (unpaired) electrons. The molecular formula is C26H32N2O8. The molecule has 36 heavy (non-hydrogen) atoms. The molecule has 3 aliphatic rings. The minimum Gasteiger partial charge on any atom is -0.508 e. The Morgan fingerprint density at radius 1 is 1.11 bits per heavy atom. The number of carbonyl (C=O) groups excluding carboxylic acids is 3. The molecule has 0 saturated heterocycles. The fourth-order valence-electron chi connectivity index (χ4n) is 6.22. The Hall–Kier alpha value is -3.21. The van der Waals surface area contributed by atoms with Crippen LogP contribution in [0.3, 0.4) is 0 Å². The van der Waals surface area contributed by atoms with Gasteiger partial charge in [0.1, 0.15) is 22.8 Å². The molecule has 0 aliphatic heterocycles. The van der Waals surface area contributed by atoms with Crippen molar-refractivity contribution in [3.8, 4) is 5.75 Å². The van der Waals surface area contributed by atoms with Gasteiger partial charge in [-0.2, -0.15) is 0 Å². The summed E-state index contributed by atoms with van der Waals surface area (Å²) in [6, 6.07) is 2.06. The van der Waals surface area contributed by atoms with Gasteiger partial charge in [-0.1, -0.05) is 39.8 Å². The van der Waals surface area contributed by atoms with E-state index in [0.717, 1.165) is 0 Å². The number of hydrogen-bond donors (Lipinski definition) is 6. The minimum atomic E-state index is -2.92. The maximum atomic E-state index is 13.9.